The molecule has 42 heavy (non-hydrogen) atoms. The molecular formula is C34H41N5O3. The van der Waals surface area contributed by atoms with Crippen LogP contribution >= 0.6 is 0 Å². The number of hydrogen-bond acceptors (Lipinski definition) is 5. The summed E-state index contributed by atoms with van der Waals surface area (Å²) >= 11 is 0. The first-order valence-electron chi connectivity index (χ1n) is 15.2. The molecule has 2 aliphatic heterocycles. The van der Waals surface area contributed by atoms with Crippen molar-refractivity contribution in [3.8, 4) is 0 Å². The highest BCUT2D eigenvalue weighted by atomic mass is 16.2. The lowest BCUT2D eigenvalue weighted by Gasteiger charge is -2.44. The standard InChI is InChI=1S/C34H41N5O3/c1-21-17-25-19-39(34(42)31(24-9-5-4-6-10-24)37-32(40)22(2)35-3)30(20-38(25)18-21)33(41)36-29-16-14-23-13-15-26(23)27-11-7-8-12-28(27)29/h4-13,15,21-22,25,29-31,35H,14,16-20H2,1-3H3,(H,36,41)(H,37,40)/t21-,22+,25-,29-,30+,31+/m1/s1. The van der Waals surface area contributed by atoms with Gasteiger partial charge in [0.05, 0.1) is 12.1 Å². The molecule has 0 unspecified atom stereocenters. The number of carbonyl (C=O) groups excluding carboxylic acids is 3. The van der Waals surface area contributed by atoms with Crippen molar-refractivity contribution in [3.05, 3.63) is 89.0 Å². The van der Waals surface area contributed by atoms with Crippen molar-refractivity contribution >= 4 is 23.3 Å². The van der Waals surface area contributed by atoms with Crippen molar-refractivity contribution in [2.45, 2.75) is 63.3 Å². The number of nitrogens with zero attached hydrogens (tertiary/aromatic N) is 2. The number of carbonyl (C=O) groups is 3. The van der Waals surface area contributed by atoms with Crippen molar-refractivity contribution < 1.29 is 14.4 Å². The van der Waals surface area contributed by atoms with E-state index in [1.165, 1.54) is 16.7 Å². The molecule has 0 aromatic heterocycles. The molecule has 2 saturated heterocycles. The molecule has 2 fully saturated rings. The van der Waals surface area contributed by atoms with Gasteiger partial charge in [-0.25, -0.2) is 0 Å². The Bertz CT molecular complexity index is 1420. The van der Waals surface area contributed by atoms with Crippen LogP contribution in [-0.2, 0) is 14.4 Å². The van der Waals surface area contributed by atoms with E-state index in [2.05, 4.69) is 52.1 Å². The van der Waals surface area contributed by atoms with Crippen LogP contribution in [0.1, 0.15) is 61.9 Å². The molecule has 2 aliphatic carbocycles. The number of allylic oxidation sites excluding steroid dienone is 4. The van der Waals surface area contributed by atoms with Gasteiger partial charge in [-0.15, -0.1) is 0 Å². The Hall–Kier alpha value is -3.75. The molecular weight excluding hydrogens is 526 g/mol. The van der Waals surface area contributed by atoms with E-state index in [0.717, 1.165) is 31.4 Å². The summed E-state index contributed by atoms with van der Waals surface area (Å²) in [7, 11) is 1.72. The third-order valence-corrected chi connectivity index (χ3v) is 9.45. The Morgan fingerprint density at radius 1 is 0.952 bits per heavy atom. The highest BCUT2D eigenvalue weighted by molar-refractivity contribution is 5.94. The van der Waals surface area contributed by atoms with Crippen LogP contribution in [0.4, 0.5) is 0 Å². The van der Waals surface area contributed by atoms with E-state index in [1.54, 1.807) is 18.9 Å². The fourth-order valence-corrected chi connectivity index (χ4v) is 6.98. The zero-order valence-electron chi connectivity index (χ0n) is 24.7. The fourth-order valence-electron chi connectivity index (χ4n) is 6.98. The van der Waals surface area contributed by atoms with Crippen LogP contribution < -0.4 is 16.0 Å². The third kappa shape index (κ3) is 5.41. The number of benzene rings is 2. The van der Waals surface area contributed by atoms with E-state index in [1.807, 2.05) is 42.5 Å². The summed E-state index contributed by atoms with van der Waals surface area (Å²) in [6, 6.07) is 15.7. The number of likely N-dealkylation sites (N-methyl/N-ethyl adjacent to an activating group) is 1. The largest absolute Gasteiger partial charge is 0.347 e. The first-order chi connectivity index (χ1) is 20.3. The zero-order valence-corrected chi connectivity index (χ0v) is 24.7. The van der Waals surface area contributed by atoms with Crippen molar-refractivity contribution in [3.63, 3.8) is 0 Å². The predicted molar refractivity (Wildman–Crippen MR) is 163 cm³/mol. The number of fused-ring (bicyclic) bond motifs is 3. The van der Waals surface area contributed by atoms with Crippen molar-refractivity contribution in [1.29, 1.82) is 0 Å². The zero-order chi connectivity index (χ0) is 29.4. The molecule has 3 amide bonds. The van der Waals surface area contributed by atoms with Crippen molar-refractivity contribution in [2.75, 3.05) is 26.7 Å². The number of amides is 3. The molecule has 2 heterocycles. The van der Waals surface area contributed by atoms with Gasteiger partial charge in [-0.3, -0.25) is 19.3 Å². The van der Waals surface area contributed by atoms with Crippen LogP contribution in [0, 0.1) is 5.92 Å². The van der Waals surface area contributed by atoms with Crippen LogP contribution in [0.3, 0.4) is 0 Å². The highest BCUT2D eigenvalue weighted by Gasteiger charge is 2.45. The molecule has 6 rings (SSSR count). The van der Waals surface area contributed by atoms with Crippen LogP contribution in [0.5, 0.6) is 0 Å². The first-order valence-corrected chi connectivity index (χ1v) is 15.2. The van der Waals surface area contributed by atoms with Gasteiger partial charge in [0.25, 0.3) is 5.91 Å². The number of rotatable bonds is 7. The number of hydrogen-bond donors (Lipinski definition) is 3. The Morgan fingerprint density at radius 3 is 2.45 bits per heavy atom. The van der Waals surface area contributed by atoms with E-state index in [0.29, 0.717) is 24.6 Å². The van der Waals surface area contributed by atoms with Crippen LogP contribution in [-0.4, -0.2) is 72.3 Å². The second-order valence-corrected chi connectivity index (χ2v) is 12.3. The summed E-state index contributed by atoms with van der Waals surface area (Å²) < 4.78 is 0. The monoisotopic (exact) mass is 567 g/mol. The fraction of sp³-hybridized carbons (Fsp3) is 0.441. The molecule has 0 saturated carbocycles. The smallest absolute Gasteiger partial charge is 0.250 e. The number of nitrogens with one attached hydrogen (secondary N) is 3. The van der Waals surface area contributed by atoms with E-state index >= 15 is 0 Å². The Kier molecular flexibility index (Phi) is 8.01. The topological polar surface area (TPSA) is 93.8 Å². The van der Waals surface area contributed by atoms with Gasteiger partial charge in [-0.1, -0.05) is 73.7 Å². The molecule has 3 N–H and O–H groups in total. The van der Waals surface area contributed by atoms with E-state index in [-0.39, 0.29) is 29.8 Å². The Balaban J connectivity index is 1.29. The van der Waals surface area contributed by atoms with Gasteiger partial charge in [0, 0.05) is 25.7 Å². The van der Waals surface area contributed by atoms with Crippen molar-refractivity contribution in [1.82, 2.24) is 25.8 Å². The van der Waals surface area contributed by atoms with E-state index < -0.39 is 18.1 Å². The van der Waals surface area contributed by atoms with Gasteiger partial charge < -0.3 is 20.9 Å². The third-order valence-electron chi connectivity index (χ3n) is 9.45. The minimum absolute atomic E-state index is 0.139. The van der Waals surface area contributed by atoms with E-state index in [4.69, 9.17) is 0 Å². The molecule has 2 aromatic rings. The second-order valence-electron chi connectivity index (χ2n) is 12.3. The van der Waals surface area contributed by atoms with Gasteiger partial charge >= 0.3 is 0 Å². The second kappa shape index (κ2) is 11.9. The molecule has 0 bridgehead atoms. The summed E-state index contributed by atoms with van der Waals surface area (Å²) in [6.07, 6.45) is 7.01. The first kappa shape index (κ1) is 28.4. The summed E-state index contributed by atoms with van der Waals surface area (Å²) in [5.74, 6) is -0.144. The maximum Gasteiger partial charge on any atom is 0.250 e. The summed E-state index contributed by atoms with van der Waals surface area (Å²) in [6.45, 7) is 5.86. The molecule has 0 radical (unpaired) electrons. The Morgan fingerprint density at radius 2 is 1.71 bits per heavy atom. The van der Waals surface area contributed by atoms with Crippen LogP contribution in [0.15, 0.2) is 72.3 Å². The molecule has 220 valence electrons. The predicted octanol–water partition coefficient (Wildman–Crippen LogP) is 3.35. The van der Waals surface area contributed by atoms with Gasteiger partial charge in [-0.05, 0) is 67.0 Å². The number of piperazine rings is 1. The Labute approximate surface area is 248 Å². The van der Waals surface area contributed by atoms with Gasteiger partial charge in [0.1, 0.15) is 12.1 Å². The van der Waals surface area contributed by atoms with Crippen LogP contribution in [0.25, 0.3) is 5.57 Å². The van der Waals surface area contributed by atoms with Gasteiger partial charge in [0.15, 0.2) is 0 Å². The maximum atomic E-state index is 14.4. The molecule has 8 heteroatoms. The van der Waals surface area contributed by atoms with E-state index in [9.17, 15) is 14.4 Å². The molecule has 6 atom stereocenters. The average molecular weight is 568 g/mol. The molecule has 2 aromatic carbocycles. The lowest BCUT2D eigenvalue weighted by molar-refractivity contribution is -0.148. The summed E-state index contributed by atoms with van der Waals surface area (Å²) in [4.78, 5) is 45.8. The highest BCUT2D eigenvalue weighted by Crippen LogP contribution is 2.41. The SMILES string of the molecule is CN[C@@H](C)C(=O)N[C@H](C(=O)N1C[C@H]2C[C@@H](C)CN2C[C@H]1C(=O)N[C@@H]1CCC2=C(C=C2)c2ccccc21)c1ccccc1. The maximum absolute atomic E-state index is 14.4. The normalized spacial score (nSPS) is 26.2. The molecule has 4 aliphatic rings. The molecule has 0 spiro atoms. The van der Waals surface area contributed by atoms with Crippen LogP contribution in [0.2, 0.25) is 0 Å². The van der Waals surface area contributed by atoms with Gasteiger partial charge in [0.2, 0.25) is 11.8 Å². The lowest BCUT2D eigenvalue weighted by Crippen LogP contribution is -2.64. The summed E-state index contributed by atoms with van der Waals surface area (Å²) in [5.41, 5.74) is 5.60. The summed E-state index contributed by atoms with van der Waals surface area (Å²) in [5, 5.41) is 9.30. The van der Waals surface area contributed by atoms with Gasteiger partial charge in [-0.2, -0.15) is 0 Å². The average Bonchev–Trinajstić information content (AvgIpc) is 3.32. The lowest BCUT2D eigenvalue weighted by atomic mass is 9.89. The quantitative estimate of drug-likeness (QED) is 0.477. The molecule has 8 nitrogen and oxygen atoms in total. The minimum Gasteiger partial charge on any atom is -0.347 e. The minimum atomic E-state index is -0.886. The van der Waals surface area contributed by atoms with Crippen molar-refractivity contribution in [2.24, 2.45) is 5.92 Å².